The molecule has 0 spiro atoms. The van der Waals surface area contributed by atoms with Crippen LogP contribution >= 0.6 is 38.5 Å². The number of aliphatic hydroxyl groups is 1. The van der Waals surface area contributed by atoms with E-state index in [1.165, 1.54) is 0 Å². The van der Waals surface area contributed by atoms with Crippen LogP contribution in [0, 0.1) is 6.92 Å². The van der Waals surface area contributed by atoms with Crippen molar-refractivity contribution in [2.45, 2.75) is 21.6 Å². The normalized spacial score (nSPS) is 17.5. The number of hydrogen-bond acceptors (Lipinski definition) is 3. The van der Waals surface area contributed by atoms with E-state index < -0.39 is 17.6 Å². The van der Waals surface area contributed by atoms with Gasteiger partial charge in [0.2, 0.25) is 1.66 Å². The van der Waals surface area contributed by atoms with Gasteiger partial charge in [0, 0.05) is 5.75 Å². The molecule has 0 amide bonds. The number of aryl methyl sites for hydroxylation is 1. The van der Waals surface area contributed by atoms with Crippen LogP contribution in [-0.4, -0.2) is 20.9 Å². The van der Waals surface area contributed by atoms with Crippen molar-refractivity contribution in [3.63, 3.8) is 0 Å². The summed E-state index contributed by atoms with van der Waals surface area (Å²) in [6.07, 6.45) is -1.10. The highest BCUT2D eigenvalue weighted by Gasteiger charge is 2.44. The molecule has 0 aliphatic rings. The Labute approximate surface area is 124 Å². The average molecular weight is 433 g/mol. The molecule has 0 saturated heterocycles. The lowest BCUT2D eigenvalue weighted by molar-refractivity contribution is 0.191. The summed E-state index contributed by atoms with van der Waals surface area (Å²) in [6, 6.07) is 7.16. The Hall–Kier alpha value is 0.340. The second kappa shape index (κ2) is 5.54. The van der Waals surface area contributed by atoms with Gasteiger partial charge < -0.3 is 5.11 Å². The first-order chi connectivity index (χ1) is 7.72. The van der Waals surface area contributed by atoms with E-state index in [2.05, 4.69) is 15.9 Å². The zero-order valence-corrected chi connectivity index (χ0v) is 14.1. The number of alkyl halides is 2. The molecule has 3 nitrogen and oxygen atoms in total. The predicted molar refractivity (Wildman–Crippen MR) is 81.3 cm³/mol. The van der Waals surface area contributed by atoms with Crippen molar-refractivity contribution in [2.24, 2.45) is 0 Å². The summed E-state index contributed by atoms with van der Waals surface area (Å²) in [5.41, 5.74) is 1.65. The third-order valence-electron chi connectivity index (χ3n) is 2.51. The van der Waals surface area contributed by atoms with Gasteiger partial charge in [-0.2, -0.15) is 0 Å². The summed E-state index contributed by atoms with van der Waals surface area (Å²) in [5.74, 6) is -0.0237. The summed E-state index contributed by atoms with van der Waals surface area (Å²) in [4.78, 5) is 0. The minimum atomic E-state index is -3.40. The molecule has 1 aromatic rings. The van der Waals surface area contributed by atoms with Crippen LogP contribution in [0.2, 0.25) is 0 Å². The third kappa shape index (κ3) is 3.21. The highest BCUT2D eigenvalue weighted by Crippen LogP contribution is 2.45. The van der Waals surface area contributed by atoms with E-state index in [4.69, 9.17) is 0 Å². The molecule has 0 aromatic heterocycles. The first kappa shape index (κ1) is 15.4. The molecule has 0 heterocycles. The Morgan fingerprint density at radius 3 is 2.29 bits per heavy atom. The van der Waals surface area contributed by atoms with Crippen molar-refractivity contribution >= 4 is 48.4 Å². The predicted octanol–water partition coefficient (Wildman–Crippen LogP) is 2.95. The Morgan fingerprint density at radius 2 is 1.88 bits per heavy atom. The fraction of sp³-hybridized carbons (Fsp3) is 0.455. The van der Waals surface area contributed by atoms with Crippen molar-refractivity contribution < 1.29 is 13.5 Å². The summed E-state index contributed by atoms with van der Waals surface area (Å²) >= 11 is 4.87. The average Bonchev–Trinajstić information content (AvgIpc) is 2.28. The fourth-order valence-electron chi connectivity index (χ4n) is 1.31. The standard InChI is InChI=1S/C11H14BrIO3S/c1-3-17(15,16)11(12,13)10(14)9-6-4-8(2)5-7-9/h4-7,10,14H,3H2,1-2H3/t10-,11+/m0/s1. The second-order valence-corrected chi connectivity index (χ2v) is 11.9. The molecule has 0 fully saturated rings. The number of hydrogen-bond donors (Lipinski definition) is 1. The van der Waals surface area contributed by atoms with Gasteiger partial charge in [-0.05, 0) is 35.1 Å². The SMILES string of the molecule is CCS(=O)(=O)[C@](Br)(I)[C@@H](O)c1ccc(C)cc1. The zero-order chi connectivity index (χ0) is 13.3. The largest absolute Gasteiger partial charge is 0.385 e. The number of benzene rings is 1. The highest BCUT2D eigenvalue weighted by atomic mass is 127. The number of sulfone groups is 1. The monoisotopic (exact) mass is 432 g/mol. The van der Waals surface area contributed by atoms with Gasteiger partial charge in [0.25, 0.3) is 0 Å². The topological polar surface area (TPSA) is 54.4 Å². The molecule has 1 rings (SSSR count). The lowest BCUT2D eigenvalue weighted by Gasteiger charge is -2.26. The molecular formula is C11H14BrIO3S. The summed E-state index contributed by atoms with van der Waals surface area (Å²) in [6.45, 7) is 3.50. The van der Waals surface area contributed by atoms with Crippen molar-refractivity contribution in [1.29, 1.82) is 0 Å². The van der Waals surface area contributed by atoms with Crippen LogP contribution in [-0.2, 0) is 9.84 Å². The van der Waals surface area contributed by atoms with Crippen molar-refractivity contribution in [2.75, 3.05) is 5.75 Å². The van der Waals surface area contributed by atoms with Crippen LogP contribution in [0.25, 0.3) is 0 Å². The van der Waals surface area contributed by atoms with Gasteiger partial charge in [-0.15, -0.1) is 0 Å². The zero-order valence-electron chi connectivity index (χ0n) is 9.52. The van der Waals surface area contributed by atoms with Crippen LogP contribution in [0.4, 0.5) is 0 Å². The Bertz CT molecular complexity index is 482. The molecule has 0 saturated carbocycles. The molecule has 0 bridgehead atoms. The lowest BCUT2D eigenvalue weighted by Crippen LogP contribution is -2.33. The van der Waals surface area contributed by atoms with Gasteiger partial charge in [0.15, 0.2) is 9.84 Å². The minimum Gasteiger partial charge on any atom is -0.385 e. The maximum Gasteiger partial charge on any atom is 0.207 e. The molecule has 0 radical (unpaired) electrons. The van der Waals surface area contributed by atoms with Gasteiger partial charge in [0.1, 0.15) is 6.10 Å². The summed E-state index contributed by atoms with van der Waals surface area (Å²) < 4.78 is 22.4. The summed E-state index contributed by atoms with van der Waals surface area (Å²) in [5, 5.41) is 10.2. The van der Waals surface area contributed by atoms with Gasteiger partial charge in [0.05, 0.1) is 0 Å². The molecule has 6 heteroatoms. The van der Waals surface area contributed by atoms with E-state index in [-0.39, 0.29) is 5.75 Å². The lowest BCUT2D eigenvalue weighted by atomic mass is 10.1. The van der Waals surface area contributed by atoms with Gasteiger partial charge in [-0.1, -0.05) is 52.7 Å². The molecule has 0 aliphatic carbocycles. The molecule has 0 unspecified atom stereocenters. The third-order valence-corrected chi connectivity index (χ3v) is 8.84. The molecular weight excluding hydrogens is 419 g/mol. The van der Waals surface area contributed by atoms with Gasteiger partial charge in [-0.25, -0.2) is 8.42 Å². The van der Waals surface area contributed by atoms with Crippen LogP contribution < -0.4 is 0 Å². The molecule has 0 aliphatic heterocycles. The van der Waals surface area contributed by atoms with Crippen molar-refractivity contribution in [1.82, 2.24) is 0 Å². The van der Waals surface area contributed by atoms with Gasteiger partial charge in [-0.3, -0.25) is 0 Å². The summed E-state index contributed by atoms with van der Waals surface area (Å²) in [7, 11) is -3.40. The van der Waals surface area contributed by atoms with E-state index in [0.29, 0.717) is 5.56 Å². The maximum absolute atomic E-state index is 11.9. The van der Waals surface area contributed by atoms with E-state index in [0.717, 1.165) is 5.56 Å². The molecule has 2 atom stereocenters. The minimum absolute atomic E-state index is 0.0237. The highest BCUT2D eigenvalue weighted by molar-refractivity contribution is 14.1. The molecule has 1 aromatic carbocycles. The van der Waals surface area contributed by atoms with Gasteiger partial charge >= 0.3 is 0 Å². The van der Waals surface area contributed by atoms with E-state index >= 15 is 0 Å². The van der Waals surface area contributed by atoms with Crippen molar-refractivity contribution in [3.8, 4) is 0 Å². The quantitative estimate of drug-likeness (QED) is 0.587. The molecule has 1 N–H and O–H groups in total. The van der Waals surface area contributed by atoms with Crippen molar-refractivity contribution in [3.05, 3.63) is 35.4 Å². The Kier molecular flexibility index (Phi) is 5.02. The van der Waals surface area contributed by atoms with Crippen LogP contribution in [0.1, 0.15) is 24.2 Å². The fourth-order valence-corrected chi connectivity index (χ4v) is 4.41. The number of rotatable bonds is 4. The first-order valence-electron chi connectivity index (χ1n) is 5.07. The smallest absolute Gasteiger partial charge is 0.207 e. The molecule has 96 valence electrons. The van der Waals surface area contributed by atoms with Crippen LogP contribution in [0.15, 0.2) is 24.3 Å². The van der Waals surface area contributed by atoms with Crippen LogP contribution in [0.3, 0.4) is 0 Å². The van der Waals surface area contributed by atoms with E-state index in [9.17, 15) is 13.5 Å². The first-order valence-corrected chi connectivity index (χ1v) is 8.59. The Balaban J connectivity index is 3.12. The van der Waals surface area contributed by atoms with E-state index in [1.54, 1.807) is 41.6 Å². The number of aliphatic hydroxyl groups excluding tert-OH is 1. The Morgan fingerprint density at radius 1 is 1.41 bits per heavy atom. The number of halogens is 2. The van der Waals surface area contributed by atoms with E-state index in [1.807, 2.05) is 19.1 Å². The maximum atomic E-state index is 11.9. The van der Waals surface area contributed by atoms with Crippen LogP contribution in [0.5, 0.6) is 0 Å². The second-order valence-electron chi connectivity index (χ2n) is 3.78. The molecule has 17 heavy (non-hydrogen) atoms.